The molecule has 0 saturated carbocycles. The summed E-state index contributed by atoms with van der Waals surface area (Å²) in [6, 6.07) is 5.97. The standard InChI is InChI=1S/C15H11Br2N3OS/c16-9-5-8(6-10(17)7-9)13-19-12-14(22-13)18-11-3-1-2-4-20(11)15(12)21/h5-7H,1-4H2. The topological polar surface area (TPSA) is 47.8 Å². The molecule has 0 spiro atoms. The molecule has 1 aromatic carbocycles. The third-order valence-corrected chi connectivity index (χ3v) is 5.65. The van der Waals surface area contributed by atoms with E-state index in [0.717, 1.165) is 56.0 Å². The predicted octanol–water partition coefficient (Wildman–Crippen LogP) is 4.38. The summed E-state index contributed by atoms with van der Waals surface area (Å²) in [6.07, 6.45) is 3.01. The third kappa shape index (κ3) is 2.45. The monoisotopic (exact) mass is 439 g/mol. The van der Waals surface area contributed by atoms with E-state index in [1.807, 2.05) is 18.2 Å². The Morgan fingerprint density at radius 2 is 1.86 bits per heavy atom. The molecular weight excluding hydrogens is 430 g/mol. The lowest BCUT2D eigenvalue weighted by Gasteiger charge is -2.16. The summed E-state index contributed by atoms with van der Waals surface area (Å²) in [6.45, 7) is 0.756. The highest BCUT2D eigenvalue weighted by Crippen LogP contribution is 2.32. The van der Waals surface area contributed by atoms with Crippen LogP contribution in [0.1, 0.15) is 18.7 Å². The smallest absolute Gasteiger partial charge is 0.280 e. The van der Waals surface area contributed by atoms with Crippen LogP contribution in [0.15, 0.2) is 31.9 Å². The van der Waals surface area contributed by atoms with Crippen molar-refractivity contribution in [2.45, 2.75) is 25.8 Å². The van der Waals surface area contributed by atoms with Crippen molar-refractivity contribution >= 4 is 53.5 Å². The summed E-state index contributed by atoms with van der Waals surface area (Å²) >= 11 is 8.45. The molecule has 112 valence electrons. The number of thiazole rings is 1. The maximum absolute atomic E-state index is 12.6. The number of halogens is 2. The van der Waals surface area contributed by atoms with E-state index >= 15 is 0 Å². The fourth-order valence-corrected chi connectivity index (χ4v) is 4.96. The molecule has 0 unspecified atom stereocenters. The number of fused-ring (bicyclic) bond motifs is 2. The molecule has 0 radical (unpaired) electrons. The van der Waals surface area contributed by atoms with Crippen molar-refractivity contribution in [3.05, 3.63) is 43.3 Å². The first-order chi connectivity index (χ1) is 10.6. The van der Waals surface area contributed by atoms with Crippen molar-refractivity contribution in [3.63, 3.8) is 0 Å². The first-order valence-corrected chi connectivity index (χ1v) is 9.39. The zero-order valence-electron chi connectivity index (χ0n) is 11.5. The molecule has 7 heteroatoms. The lowest BCUT2D eigenvalue weighted by atomic mass is 10.1. The van der Waals surface area contributed by atoms with Gasteiger partial charge in [0.1, 0.15) is 10.8 Å². The van der Waals surface area contributed by atoms with Crippen molar-refractivity contribution in [2.75, 3.05) is 0 Å². The van der Waals surface area contributed by atoms with Crippen LogP contribution in [-0.4, -0.2) is 14.5 Å². The lowest BCUT2D eigenvalue weighted by Crippen LogP contribution is -2.28. The molecule has 4 nitrogen and oxygen atoms in total. The van der Waals surface area contributed by atoms with Gasteiger partial charge in [0.2, 0.25) is 0 Å². The molecule has 0 atom stereocenters. The van der Waals surface area contributed by atoms with Crippen LogP contribution in [0.3, 0.4) is 0 Å². The molecule has 0 N–H and O–H groups in total. The number of aryl methyl sites for hydroxylation is 1. The Bertz CT molecular complexity index is 928. The van der Waals surface area contributed by atoms with E-state index in [0.29, 0.717) is 5.52 Å². The maximum atomic E-state index is 12.6. The van der Waals surface area contributed by atoms with Crippen molar-refractivity contribution in [1.82, 2.24) is 14.5 Å². The van der Waals surface area contributed by atoms with Gasteiger partial charge in [-0.3, -0.25) is 9.36 Å². The van der Waals surface area contributed by atoms with Crippen molar-refractivity contribution < 1.29 is 0 Å². The van der Waals surface area contributed by atoms with Crippen LogP contribution in [0.25, 0.3) is 20.9 Å². The number of benzene rings is 1. The highest BCUT2D eigenvalue weighted by atomic mass is 79.9. The highest BCUT2D eigenvalue weighted by Gasteiger charge is 2.18. The van der Waals surface area contributed by atoms with Crippen LogP contribution >= 0.6 is 43.2 Å². The fraction of sp³-hybridized carbons (Fsp3) is 0.267. The van der Waals surface area contributed by atoms with E-state index in [4.69, 9.17) is 0 Å². The van der Waals surface area contributed by atoms with Crippen LogP contribution in [0.4, 0.5) is 0 Å². The van der Waals surface area contributed by atoms with Crippen molar-refractivity contribution in [1.29, 1.82) is 0 Å². The van der Waals surface area contributed by atoms with E-state index in [1.54, 1.807) is 4.57 Å². The Labute approximate surface area is 147 Å². The first kappa shape index (κ1) is 14.5. The summed E-state index contributed by atoms with van der Waals surface area (Å²) in [5.41, 5.74) is 1.46. The van der Waals surface area contributed by atoms with Crippen LogP contribution in [0.5, 0.6) is 0 Å². The van der Waals surface area contributed by atoms with E-state index in [2.05, 4.69) is 41.8 Å². The van der Waals surface area contributed by atoms with Crippen LogP contribution < -0.4 is 5.56 Å². The average Bonchev–Trinajstić information content (AvgIpc) is 2.91. The summed E-state index contributed by atoms with van der Waals surface area (Å²) in [5, 5.41) is 0.824. The molecule has 2 aromatic heterocycles. The van der Waals surface area contributed by atoms with Gasteiger partial charge in [-0.15, -0.1) is 0 Å². The van der Waals surface area contributed by atoms with E-state index in [1.165, 1.54) is 11.3 Å². The average molecular weight is 441 g/mol. The quantitative estimate of drug-likeness (QED) is 0.564. The molecule has 3 aromatic rings. The Morgan fingerprint density at radius 1 is 1.09 bits per heavy atom. The molecule has 0 saturated heterocycles. The van der Waals surface area contributed by atoms with Crippen LogP contribution in [0.2, 0.25) is 0 Å². The van der Waals surface area contributed by atoms with Gasteiger partial charge in [-0.25, -0.2) is 9.97 Å². The molecule has 4 rings (SSSR count). The fourth-order valence-electron chi connectivity index (χ4n) is 2.73. The molecule has 1 aliphatic rings. The molecule has 0 aliphatic carbocycles. The Morgan fingerprint density at radius 3 is 2.64 bits per heavy atom. The number of hydrogen-bond acceptors (Lipinski definition) is 4. The van der Waals surface area contributed by atoms with Crippen molar-refractivity contribution in [3.8, 4) is 10.6 Å². The SMILES string of the molecule is O=c1c2nc(-c3cc(Br)cc(Br)c3)sc2nc2n1CCCC2. The first-order valence-electron chi connectivity index (χ1n) is 6.98. The Kier molecular flexibility index (Phi) is 3.66. The number of hydrogen-bond donors (Lipinski definition) is 0. The van der Waals surface area contributed by atoms with Gasteiger partial charge >= 0.3 is 0 Å². The van der Waals surface area contributed by atoms with Gasteiger partial charge in [-0.1, -0.05) is 43.2 Å². The minimum atomic E-state index is -0.00346. The van der Waals surface area contributed by atoms with E-state index in [9.17, 15) is 4.79 Å². The van der Waals surface area contributed by atoms with Crippen molar-refractivity contribution in [2.24, 2.45) is 0 Å². The summed E-state index contributed by atoms with van der Waals surface area (Å²) in [4.78, 5) is 22.6. The second kappa shape index (κ2) is 5.54. The molecular formula is C15H11Br2N3OS. The Balaban J connectivity index is 1.94. The van der Waals surface area contributed by atoms with Gasteiger partial charge in [-0.05, 0) is 31.0 Å². The normalized spacial score (nSPS) is 14.3. The summed E-state index contributed by atoms with van der Waals surface area (Å²) < 4.78 is 3.73. The van der Waals surface area contributed by atoms with Gasteiger partial charge in [0, 0.05) is 27.5 Å². The molecule has 3 heterocycles. The third-order valence-electron chi connectivity index (χ3n) is 3.74. The molecule has 1 aliphatic heterocycles. The minimum Gasteiger partial charge on any atom is -0.295 e. The minimum absolute atomic E-state index is 0.00346. The highest BCUT2D eigenvalue weighted by molar-refractivity contribution is 9.11. The molecule has 0 fully saturated rings. The summed E-state index contributed by atoms with van der Waals surface area (Å²) in [7, 11) is 0. The molecule has 0 bridgehead atoms. The largest absolute Gasteiger partial charge is 0.295 e. The number of nitrogens with zero attached hydrogens (tertiary/aromatic N) is 3. The summed E-state index contributed by atoms with van der Waals surface area (Å²) in [5.74, 6) is 0.898. The Hall–Kier alpha value is -1.05. The van der Waals surface area contributed by atoms with Gasteiger partial charge < -0.3 is 0 Å². The zero-order valence-corrected chi connectivity index (χ0v) is 15.5. The van der Waals surface area contributed by atoms with Gasteiger partial charge in [-0.2, -0.15) is 0 Å². The van der Waals surface area contributed by atoms with Crippen LogP contribution in [0, 0.1) is 0 Å². The van der Waals surface area contributed by atoms with Gasteiger partial charge in [0.25, 0.3) is 5.56 Å². The second-order valence-electron chi connectivity index (χ2n) is 5.27. The number of rotatable bonds is 1. The van der Waals surface area contributed by atoms with Gasteiger partial charge in [0.15, 0.2) is 10.3 Å². The number of aromatic nitrogens is 3. The van der Waals surface area contributed by atoms with E-state index in [-0.39, 0.29) is 5.56 Å². The predicted molar refractivity (Wildman–Crippen MR) is 95.4 cm³/mol. The van der Waals surface area contributed by atoms with Crippen LogP contribution in [-0.2, 0) is 13.0 Å². The maximum Gasteiger partial charge on any atom is 0.280 e. The second-order valence-corrected chi connectivity index (χ2v) is 8.08. The molecule has 0 amide bonds. The lowest BCUT2D eigenvalue weighted by molar-refractivity contribution is 0.501. The van der Waals surface area contributed by atoms with E-state index < -0.39 is 0 Å². The van der Waals surface area contributed by atoms with Gasteiger partial charge in [0.05, 0.1) is 0 Å². The zero-order chi connectivity index (χ0) is 15.3. The molecule has 22 heavy (non-hydrogen) atoms.